The minimum atomic E-state index is -0.559. The number of aromatic nitrogens is 1. The van der Waals surface area contributed by atoms with E-state index in [1.54, 1.807) is 12.1 Å². The van der Waals surface area contributed by atoms with E-state index in [0.29, 0.717) is 5.82 Å². The minimum absolute atomic E-state index is 0.0273. The Morgan fingerprint density at radius 2 is 1.77 bits per heavy atom. The molecule has 26 heavy (non-hydrogen) atoms. The fourth-order valence-corrected chi connectivity index (χ4v) is 2.84. The predicted octanol–water partition coefficient (Wildman–Crippen LogP) is 4.83. The first kappa shape index (κ1) is 17.7. The molecule has 0 saturated heterocycles. The molecule has 0 aliphatic rings. The SMILES string of the molecule is Cc1c(NC(=O)C(C)(C)C)n(-c2ccccc2)c2ccc([N+](=O)[O-])cc12. The molecule has 0 fully saturated rings. The van der Waals surface area contributed by atoms with Crippen molar-refractivity contribution in [3.05, 3.63) is 64.2 Å². The molecule has 0 bridgehead atoms. The average Bonchev–Trinajstić information content (AvgIpc) is 2.86. The normalized spacial score (nSPS) is 11.5. The van der Waals surface area contributed by atoms with E-state index in [2.05, 4.69) is 5.32 Å². The van der Waals surface area contributed by atoms with Crippen molar-refractivity contribution in [3.63, 3.8) is 0 Å². The zero-order chi connectivity index (χ0) is 19.1. The minimum Gasteiger partial charge on any atom is -0.311 e. The zero-order valence-corrected chi connectivity index (χ0v) is 15.2. The fraction of sp³-hybridized carbons (Fsp3) is 0.250. The highest BCUT2D eigenvalue weighted by atomic mass is 16.6. The van der Waals surface area contributed by atoms with Gasteiger partial charge in [-0.2, -0.15) is 0 Å². The maximum Gasteiger partial charge on any atom is 0.270 e. The van der Waals surface area contributed by atoms with Crippen LogP contribution in [0.5, 0.6) is 0 Å². The highest BCUT2D eigenvalue weighted by Crippen LogP contribution is 2.35. The summed E-state index contributed by atoms with van der Waals surface area (Å²) in [6, 6.07) is 14.4. The monoisotopic (exact) mass is 351 g/mol. The summed E-state index contributed by atoms with van der Waals surface area (Å²) in [6.45, 7) is 7.40. The van der Waals surface area contributed by atoms with Gasteiger partial charge in [-0.05, 0) is 30.7 Å². The number of hydrogen-bond donors (Lipinski definition) is 1. The van der Waals surface area contributed by atoms with Gasteiger partial charge < -0.3 is 5.32 Å². The first-order valence-corrected chi connectivity index (χ1v) is 8.36. The van der Waals surface area contributed by atoms with Crippen LogP contribution in [0.1, 0.15) is 26.3 Å². The van der Waals surface area contributed by atoms with Crippen molar-refractivity contribution in [2.24, 2.45) is 5.41 Å². The molecule has 3 rings (SSSR count). The van der Waals surface area contributed by atoms with Crippen LogP contribution in [0.4, 0.5) is 11.5 Å². The van der Waals surface area contributed by atoms with Crippen LogP contribution in [0.15, 0.2) is 48.5 Å². The Morgan fingerprint density at radius 3 is 2.35 bits per heavy atom. The summed E-state index contributed by atoms with van der Waals surface area (Å²) in [5, 5.41) is 14.9. The van der Waals surface area contributed by atoms with Crippen molar-refractivity contribution in [2.45, 2.75) is 27.7 Å². The molecule has 0 atom stereocenters. The second-order valence-electron chi connectivity index (χ2n) is 7.31. The number of benzene rings is 2. The van der Waals surface area contributed by atoms with E-state index >= 15 is 0 Å². The van der Waals surface area contributed by atoms with Gasteiger partial charge in [0.25, 0.3) is 5.69 Å². The van der Waals surface area contributed by atoms with Gasteiger partial charge in [-0.15, -0.1) is 0 Å². The van der Waals surface area contributed by atoms with E-state index in [1.165, 1.54) is 6.07 Å². The largest absolute Gasteiger partial charge is 0.311 e. The third-order valence-corrected chi connectivity index (χ3v) is 4.34. The molecule has 1 aromatic heterocycles. The summed E-state index contributed by atoms with van der Waals surface area (Å²) in [7, 11) is 0. The van der Waals surface area contributed by atoms with Crippen LogP contribution < -0.4 is 5.32 Å². The molecule has 6 nitrogen and oxygen atoms in total. The van der Waals surface area contributed by atoms with Crippen molar-refractivity contribution in [1.82, 2.24) is 4.57 Å². The maximum atomic E-state index is 12.6. The van der Waals surface area contributed by atoms with Crippen LogP contribution in [-0.2, 0) is 4.79 Å². The van der Waals surface area contributed by atoms with Crippen LogP contribution in [0.3, 0.4) is 0 Å². The number of carbonyl (C=O) groups excluding carboxylic acids is 1. The molecule has 1 N–H and O–H groups in total. The van der Waals surface area contributed by atoms with Gasteiger partial charge in [0.1, 0.15) is 5.82 Å². The number of aryl methyl sites for hydroxylation is 1. The van der Waals surface area contributed by atoms with Crippen molar-refractivity contribution in [3.8, 4) is 5.69 Å². The number of fused-ring (bicyclic) bond motifs is 1. The van der Waals surface area contributed by atoms with Gasteiger partial charge in [-0.3, -0.25) is 19.5 Å². The molecular weight excluding hydrogens is 330 g/mol. The number of nitro groups is 1. The van der Waals surface area contributed by atoms with Gasteiger partial charge >= 0.3 is 0 Å². The Bertz CT molecular complexity index is 999. The zero-order valence-electron chi connectivity index (χ0n) is 15.2. The van der Waals surface area contributed by atoms with Crippen LogP contribution in [-0.4, -0.2) is 15.4 Å². The lowest BCUT2D eigenvalue weighted by Gasteiger charge is -2.20. The number of non-ortho nitro benzene ring substituents is 1. The van der Waals surface area contributed by atoms with E-state index in [0.717, 1.165) is 22.2 Å². The van der Waals surface area contributed by atoms with Crippen LogP contribution in [0.2, 0.25) is 0 Å². The molecule has 0 aliphatic carbocycles. The Balaban J connectivity index is 2.28. The van der Waals surface area contributed by atoms with Gasteiger partial charge in [0.05, 0.1) is 10.4 Å². The summed E-state index contributed by atoms with van der Waals surface area (Å²) in [4.78, 5) is 23.3. The van der Waals surface area contributed by atoms with Gasteiger partial charge in [-0.25, -0.2) is 0 Å². The lowest BCUT2D eigenvalue weighted by molar-refractivity contribution is -0.384. The average molecular weight is 351 g/mol. The molecule has 6 heteroatoms. The number of nitrogens with zero attached hydrogens (tertiary/aromatic N) is 2. The van der Waals surface area contributed by atoms with E-state index in [-0.39, 0.29) is 11.6 Å². The van der Waals surface area contributed by atoms with Gasteiger partial charge in [0, 0.05) is 28.6 Å². The molecule has 2 aromatic carbocycles. The lowest BCUT2D eigenvalue weighted by Crippen LogP contribution is -2.28. The highest BCUT2D eigenvalue weighted by Gasteiger charge is 2.25. The second-order valence-corrected chi connectivity index (χ2v) is 7.31. The molecule has 134 valence electrons. The number of rotatable bonds is 3. The number of nitrogens with one attached hydrogen (secondary N) is 1. The number of amides is 1. The summed E-state index contributed by atoms with van der Waals surface area (Å²) in [6.07, 6.45) is 0. The first-order valence-electron chi connectivity index (χ1n) is 8.36. The highest BCUT2D eigenvalue weighted by molar-refractivity contribution is 6.00. The van der Waals surface area contributed by atoms with Crippen molar-refractivity contribution in [2.75, 3.05) is 5.32 Å². The Hall–Kier alpha value is -3.15. The van der Waals surface area contributed by atoms with Gasteiger partial charge in [0.2, 0.25) is 5.91 Å². The molecule has 1 amide bonds. The molecular formula is C20H21N3O3. The van der Waals surface area contributed by atoms with Crippen molar-refractivity contribution in [1.29, 1.82) is 0 Å². The van der Waals surface area contributed by atoms with Crippen molar-refractivity contribution >= 4 is 28.3 Å². The molecule has 0 radical (unpaired) electrons. The van der Waals surface area contributed by atoms with Crippen LogP contribution in [0.25, 0.3) is 16.6 Å². The summed E-state index contributed by atoms with van der Waals surface area (Å²) >= 11 is 0. The fourth-order valence-electron chi connectivity index (χ4n) is 2.84. The second kappa shape index (κ2) is 6.29. The summed E-state index contributed by atoms with van der Waals surface area (Å²) < 4.78 is 1.93. The predicted molar refractivity (Wildman–Crippen MR) is 103 cm³/mol. The van der Waals surface area contributed by atoms with Crippen molar-refractivity contribution < 1.29 is 9.72 Å². The Labute approximate surface area is 151 Å². The lowest BCUT2D eigenvalue weighted by atomic mass is 9.96. The number of hydrogen-bond acceptors (Lipinski definition) is 3. The molecule has 0 aliphatic heterocycles. The van der Waals surface area contributed by atoms with E-state index in [9.17, 15) is 14.9 Å². The maximum absolute atomic E-state index is 12.6. The molecule has 0 unspecified atom stereocenters. The Kier molecular flexibility index (Phi) is 4.28. The quantitative estimate of drug-likeness (QED) is 0.542. The number of nitro benzene ring substituents is 1. The van der Waals surface area contributed by atoms with E-state index < -0.39 is 10.3 Å². The third kappa shape index (κ3) is 3.06. The smallest absolute Gasteiger partial charge is 0.270 e. The first-order chi connectivity index (χ1) is 12.2. The van der Waals surface area contributed by atoms with Crippen LogP contribution >= 0.6 is 0 Å². The number of carbonyl (C=O) groups is 1. The molecule has 3 aromatic rings. The molecule has 1 heterocycles. The standard InChI is InChI=1S/C20H21N3O3/c1-13-16-12-15(23(25)26)10-11-17(16)22(14-8-6-5-7-9-14)18(13)21-19(24)20(2,3)4/h5-12H,1-4H3,(H,21,24). The topological polar surface area (TPSA) is 77.2 Å². The molecule has 0 spiro atoms. The summed E-state index contributed by atoms with van der Waals surface area (Å²) in [5.74, 6) is 0.515. The number of anilines is 1. The third-order valence-electron chi connectivity index (χ3n) is 4.34. The van der Waals surface area contributed by atoms with Gasteiger partial charge in [0.15, 0.2) is 0 Å². The number of para-hydroxylation sites is 1. The van der Waals surface area contributed by atoms with E-state index in [4.69, 9.17) is 0 Å². The van der Waals surface area contributed by atoms with E-state index in [1.807, 2.05) is 62.6 Å². The summed E-state index contributed by atoms with van der Waals surface area (Å²) in [5.41, 5.74) is 1.95. The van der Waals surface area contributed by atoms with Crippen LogP contribution in [0, 0.1) is 22.5 Å². The molecule has 0 saturated carbocycles. The Morgan fingerprint density at radius 1 is 1.12 bits per heavy atom. The van der Waals surface area contributed by atoms with Gasteiger partial charge in [-0.1, -0.05) is 39.0 Å².